The third kappa shape index (κ3) is 3.28. The van der Waals surface area contributed by atoms with Crippen LogP contribution in [0.3, 0.4) is 0 Å². The lowest BCUT2D eigenvalue weighted by Crippen LogP contribution is -2.18. The molecule has 1 N–H and O–H groups in total. The number of halogens is 3. The first-order valence-corrected chi connectivity index (χ1v) is 4.26. The number of aryl methyl sites for hydroxylation is 1. The van der Waals surface area contributed by atoms with Gasteiger partial charge in [-0.05, 0) is 6.92 Å². The van der Waals surface area contributed by atoms with Crippen molar-refractivity contribution in [3.05, 3.63) is 27.4 Å². The predicted octanol–water partition coefficient (Wildman–Crippen LogP) is 1.69. The molecule has 0 spiro atoms. The average molecular weight is 252 g/mol. The average Bonchev–Trinajstić information content (AvgIpc) is 2.13. The minimum atomic E-state index is -4.98. The quantitative estimate of drug-likeness (QED) is 0.653. The summed E-state index contributed by atoms with van der Waals surface area (Å²) in [5.74, 6) is -0.932. The van der Waals surface area contributed by atoms with E-state index in [0.29, 0.717) is 6.07 Å². The molecule has 1 aromatic heterocycles. The van der Waals surface area contributed by atoms with Crippen LogP contribution in [0.5, 0.6) is 5.88 Å². The van der Waals surface area contributed by atoms with E-state index in [9.17, 15) is 23.3 Å². The Hall–Kier alpha value is -1.90. The van der Waals surface area contributed by atoms with Gasteiger partial charge in [0.15, 0.2) is 0 Å². The van der Waals surface area contributed by atoms with E-state index in [2.05, 4.69) is 9.72 Å². The van der Waals surface area contributed by atoms with Gasteiger partial charge >= 0.3 is 6.36 Å². The van der Waals surface area contributed by atoms with E-state index in [1.807, 2.05) is 0 Å². The summed E-state index contributed by atoms with van der Waals surface area (Å²) in [7, 11) is 0. The fourth-order valence-electron chi connectivity index (χ4n) is 1.18. The van der Waals surface area contributed by atoms with E-state index in [1.54, 1.807) is 0 Å². The highest BCUT2D eigenvalue weighted by Gasteiger charge is 2.33. The number of aromatic nitrogens is 1. The van der Waals surface area contributed by atoms with Gasteiger partial charge in [0.25, 0.3) is 5.69 Å². The van der Waals surface area contributed by atoms with Crippen molar-refractivity contribution in [2.75, 3.05) is 0 Å². The first-order valence-electron chi connectivity index (χ1n) is 4.26. The van der Waals surface area contributed by atoms with E-state index in [0.717, 1.165) is 0 Å². The van der Waals surface area contributed by atoms with Crippen molar-refractivity contribution in [2.24, 2.45) is 0 Å². The largest absolute Gasteiger partial charge is 0.574 e. The van der Waals surface area contributed by atoms with Gasteiger partial charge in [-0.15, -0.1) is 13.2 Å². The molecule has 1 heterocycles. The van der Waals surface area contributed by atoms with Gasteiger partial charge in [-0.25, -0.2) is 4.98 Å². The second-order valence-electron chi connectivity index (χ2n) is 3.01. The van der Waals surface area contributed by atoms with Crippen molar-refractivity contribution in [3.8, 4) is 5.88 Å². The van der Waals surface area contributed by atoms with Gasteiger partial charge in [0.05, 0.1) is 28.9 Å². The number of ether oxygens (including phenoxy) is 1. The van der Waals surface area contributed by atoms with Crippen LogP contribution in [0.4, 0.5) is 18.9 Å². The molecule has 0 saturated heterocycles. The summed E-state index contributed by atoms with van der Waals surface area (Å²) >= 11 is 0. The molecule has 0 atom stereocenters. The van der Waals surface area contributed by atoms with Crippen molar-refractivity contribution in [1.29, 1.82) is 0 Å². The van der Waals surface area contributed by atoms with Crippen molar-refractivity contribution < 1.29 is 27.9 Å². The molecule has 0 aromatic carbocycles. The lowest BCUT2D eigenvalue weighted by atomic mass is 10.2. The Bertz CT molecular complexity index is 447. The van der Waals surface area contributed by atoms with Gasteiger partial charge in [0.1, 0.15) is 0 Å². The standard InChI is InChI=1S/C8H7F3N2O4/c1-4-5(3-14)6(13(15)16)2-7(12-4)17-8(9,10)11/h2,14H,3H2,1H3. The first kappa shape index (κ1) is 13.2. The molecular weight excluding hydrogens is 245 g/mol. The number of aliphatic hydroxyl groups is 1. The predicted molar refractivity (Wildman–Crippen MR) is 48.2 cm³/mol. The number of aliphatic hydroxyl groups excluding tert-OH is 1. The molecule has 0 saturated carbocycles. The first-order chi connectivity index (χ1) is 7.74. The summed E-state index contributed by atoms with van der Waals surface area (Å²) in [6.45, 7) is 0.545. The molecule has 0 aliphatic rings. The molecule has 17 heavy (non-hydrogen) atoms. The monoisotopic (exact) mass is 252 g/mol. The van der Waals surface area contributed by atoms with Crippen LogP contribution in [0, 0.1) is 17.0 Å². The van der Waals surface area contributed by atoms with Crippen molar-refractivity contribution in [1.82, 2.24) is 4.98 Å². The summed E-state index contributed by atoms with van der Waals surface area (Å²) in [5, 5.41) is 19.4. The molecule has 6 nitrogen and oxygen atoms in total. The summed E-state index contributed by atoms with van der Waals surface area (Å²) in [6.07, 6.45) is -4.98. The summed E-state index contributed by atoms with van der Waals surface area (Å²) in [4.78, 5) is 13.0. The molecule has 1 aromatic rings. The lowest BCUT2D eigenvalue weighted by molar-refractivity contribution is -0.386. The Labute approximate surface area is 92.8 Å². The van der Waals surface area contributed by atoms with Crippen LogP contribution in [-0.4, -0.2) is 21.4 Å². The molecule has 0 aliphatic carbocycles. The van der Waals surface area contributed by atoms with Crippen LogP contribution in [0.1, 0.15) is 11.3 Å². The number of hydrogen-bond acceptors (Lipinski definition) is 5. The third-order valence-electron chi connectivity index (χ3n) is 1.86. The van der Waals surface area contributed by atoms with Gasteiger partial charge in [-0.2, -0.15) is 0 Å². The lowest BCUT2D eigenvalue weighted by Gasteiger charge is -2.10. The maximum atomic E-state index is 11.9. The minimum Gasteiger partial charge on any atom is -0.391 e. The summed E-state index contributed by atoms with van der Waals surface area (Å²) in [6, 6.07) is 0.520. The van der Waals surface area contributed by atoms with E-state index in [1.165, 1.54) is 6.92 Å². The molecule has 94 valence electrons. The Morgan fingerprint density at radius 2 is 2.18 bits per heavy atom. The molecule has 0 radical (unpaired) electrons. The van der Waals surface area contributed by atoms with E-state index < -0.39 is 29.5 Å². The van der Waals surface area contributed by atoms with Crippen LogP contribution in [-0.2, 0) is 6.61 Å². The normalized spacial score (nSPS) is 11.4. The van der Waals surface area contributed by atoms with Crippen LogP contribution >= 0.6 is 0 Å². The molecule has 0 fully saturated rings. The molecule has 9 heteroatoms. The minimum absolute atomic E-state index is 0.0963. The zero-order valence-corrected chi connectivity index (χ0v) is 8.48. The molecular formula is C8H7F3N2O4. The molecule has 1 rings (SSSR count). The van der Waals surface area contributed by atoms with Crippen molar-refractivity contribution in [2.45, 2.75) is 19.9 Å². The highest BCUT2D eigenvalue weighted by Crippen LogP contribution is 2.28. The Morgan fingerprint density at radius 3 is 2.59 bits per heavy atom. The second kappa shape index (κ2) is 4.53. The molecule has 0 amide bonds. The van der Waals surface area contributed by atoms with Gasteiger partial charge < -0.3 is 9.84 Å². The zero-order chi connectivity index (χ0) is 13.2. The van der Waals surface area contributed by atoms with Gasteiger partial charge in [-0.3, -0.25) is 10.1 Å². The molecule has 0 unspecified atom stereocenters. The van der Waals surface area contributed by atoms with E-state index in [4.69, 9.17) is 5.11 Å². The van der Waals surface area contributed by atoms with E-state index in [-0.39, 0.29) is 11.3 Å². The van der Waals surface area contributed by atoms with E-state index >= 15 is 0 Å². The fourth-order valence-corrected chi connectivity index (χ4v) is 1.18. The Balaban J connectivity index is 3.25. The number of nitro groups is 1. The highest BCUT2D eigenvalue weighted by molar-refractivity contribution is 5.45. The number of pyridine rings is 1. The second-order valence-corrected chi connectivity index (χ2v) is 3.01. The Kier molecular flexibility index (Phi) is 3.51. The maximum Gasteiger partial charge on any atom is 0.574 e. The van der Waals surface area contributed by atoms with Crippen molar-refractivity contribution in [3.63, 3.8) is 0 Å². The number of hydrogen-bond donors (Lipinski definition) is 1. The van der Waals surface area contributed by atoms with Gasteiger partial charge in [0.2, 0.25) is 5.88 Å². The molecule has 0 aliphatic heterocycles. The summed E-state index contributed by atoms with van der Waals surface area (Å²) < 4.78 is 39.2. The smallest absolute Gasteiger partial charge is 0.391 e. The topological polar surface area (TPSA) is 85.5 Å². The maximum absolute atomic E-state index is 11.9. The Morgan fingerprint density at radius 1 is 1.59 bits per heavy atom. The third-order valence-corrected chi connectivity index (χ3v) is 1.86. The van der Waals surface area contributed by atoms with Crippen molar-refractivity contribution >= 4 is 5.69 Å². The zero-order valence-electron chi connectivity index (χ0n) is 8.48. The molecule has 0 bridgehead atoms. The van der Waals surface area contributed by atoms with Crippen LogP contribution in [0.15, 0.2) is 6.07 Å². The van der Waals surface area contributed by atoms with Crippen LogP contribution < -0.4 is 4.74 Å². The SMILES string of the molecule is Cc1nc(OC(F)(F)F)cc([N+](=O)[O-])c1CO. The van der Waals surface area contributed by atoms with Gasteiger partial charge in [0, 0.05) is 0 Å². The van der Waals surface area contributed by atoms with Crippen LogP contribution in [0.25, 0.3) is 0 Å². The number of alkyl halides is 3. The van der Waals surface area contributed by atoms with Crippen LogP contribution in [0.2, 0.25) is 0 Å². The fraction of sp³-hybridized carbons (Fsp3) is 0.375. The number of nitrogens with zero attached hydrogens (tertiary/aromatic N) is 2. The highest BCUT2D eigenvalue weighted by atomic mass is 19.4. The number of rotatable bonds is 3. The summed E-state index contributed by atoms with van der Waals surface area (Å²) in [5.41, 5.74) is -0.912. The van der Waals surface area contributed by atoms with Gasteiger partial charge in [-0.1, -0.05) is 0 Å².